The van der Waals surface area contributed by atoms with E-state index in [4.69, 9.17) is 0 Å². The Morgan fingerprint density at radius 2 is 1.60 bits per heavy atom. The molecule has 0 bridgehead atoms. The van der Waals surface area contributed by atoms with Gasteiger partial charge in [-0.2, -0.15) is 8.91 Å². The van der Waals surface area contributed by atoms with Gasteiger partial charge in [-0.1, -0.05) is 26.0 Å². The molecule has 3 aromatic carbocycles. The van der Waals surface area contributed by atoms with Gasteiger partial charge >= 0.3 is 0 Å². The highest BCUT2D eigenvalue weighted by Crippen LogP contribution is 2.49. The van der Waals surface area contributed by atoms with Crippen LogP contribution in [0.25, 0.3) is 10.8 Å². The number of hydrogen-bond acceptors (Lipinski definition) is 14. The monoisotopic (exact) mass is 723 g/mol. The van der Waals surface area contributed by atoms with E-state index >= 15 is 0 Å². The maximum Gasteiger partial charge on any atom is 0.237 e. The molecule has 0 fully saturated rings. The summed E-state index contributed by atoms with van der Waals surface area (Å²) in [5.41, 5.74) is 0.943. The number of allylic oxidation sites excluding steroid dienone is 4. The van der Waals surface area contributed by atoms with Crippen LogP contribution in [0, 0.1) is 0 Å². The first-order chi connectivity index (χ1) is 21.6. The smallest absolute Gasteiger partial charge is 0.237 e. The molecule has 3 aromatic rings. The minimum atomic E-state index is -4.81. The molecular formula is C29H27N2O12S4-3. The van der Waals surface area contributed by atoms with Crippen molar-refractivity contribution >= 4 is 70.3 Å². The van der Waals surface area contributed by atoms with E-state index in [1.54, 1.807) is 70.2 Å². The van der Waals surface area contributed by atoms with Crippen LogP contribution in [0.2, 0.25) is 0 Å². The van der Waals surface area contributed by atoms with Crippen LogP contribution in [-0.2, 0) is 50.6 Å². The minimum Gasteiger partial charge on any atom is -0.747 e. The van der Waals surface area contributed by atoms with Crippen molar-refractivity contribution in [1.29, 1.82) is 0 Å². The normalized spacial score (nSPS) is 18.5. The zero-order valence-corrected chi connectivity index (χ0v) is 28.5. The van der Waals surface area contributed by atoms with Crippen molar-refractivity contribution in [2.75, 3.05) is 16.7 Å². The lowest BCUT2D eigenvalue weighted by molar-refractivity contribution is -0.777. The van der Waals surface area contributed by atoms with Crippen molar-refractivity contribution in [2.45, 2.75) is 48.3 Å². The van der Waals surface area contributed by atoms with Crippen molar-refractivity contribution in [3.05, 3.63) is 83.6 Å². The molecule has 2 aliphatic rings. The first-order valence-electron chi connectivity index (χ1n) is 13.6. The highest BCUT2D eigenvalue weighted by Gasteiger charge is 2.46. The highest BCUT2D eigenvalue weighted by atomic mass is 32.2. The summed E-state index contributed by atoms with van der Waals surface area (Å²) in [5, 5.41) is 14.7. The Kier molecular flexibility index (Phi) is 9.02. The van der Waals surface area contributed by atoms with Gasteiger partial charge in [-0.05, 0) is 72.7 Å². The summed E-state index contributed by atoms with van der Waals surface area (Å²) < 4.78 is 113. The van der Waals surface area contributed by atoms with Gasteiger partial charge < -0.3 is 23.8 Å². The van der Waals surface area contributed by atoms with Crippen molar-refractivity contribution in [3.63, 3.8) is 0 Å². The van der Waals surface area contributed by atoms with Crippen molar-refractivity contribution in [3.8, 4) is 0 Å². The Labute approximate surface area is 275 Å². The Morgan fingerprint density at radius 3 is 2.21 bits per heavy atom. The summed E-state index contributed by atoms with van der Waals surface area (Å²) in [5.74, 6) is -1.82. The zero-order chi connectivity index (χ0) is 34.7. The van der Waals surface area contributed by atoms with E-state index in [2.05, 4.69) is 9.37 Å². The molecule has 0 saturated heterocycles. The molecule has 2 aliphatic heterocycles. The maximum atomic E-state index is 12.1. The van der Waals surface area contributed by atoms with E-state index < -0.39 is 57.8 Å². The van der Waals surface area contributed by atoms with Gasteiger partial charge in [0.1, 0.15) is 26.1 Å². The summed E-state index contributed by atoms with van der Waals surface area (Å²) in [7, 11) is -14.3. The molecule has 0 atom stereocenters. The van der Waals surface area contributed by atoms with Crippen molar-refractivity contribution in [2.24, 2.45) is 0 Å². The number of rotatable bonds is 10. The maximum absolute atomic E-state index is 12.1. The fourth-order valence-corrected chi connectivity index (χ4v) is 8.40. The Morgan fingerprint density at radius 1 is 0.894 bits per heavy atom. The third kappa shape index (κ3) is 6.89. The van der Waals surface area contributed by atoms with E-state index in [1.165, 1.54) is 27.7 Å². The first kappa shape index (κ1) is 35.1. The van der Waals surface area contributed by atoms with Gasteiger partial charge in [0, 0.05) is 39.4 Å². The number of nitrogens with zero attached hydrogens (tertiary/aromatic N) is 2. The molecular weight excluding hydrogens is 697 g/mol. The lowest BCUT2D eigenvalue weighted by atomic mass is 9.79. The fraction of sp³-hybridized carbons (Fsp3) is 0.276. The molecule has 14 nitrogen and oxygen atoms in total. The quantitative estimate of drug-likeness (QED) is 0.0965. The van der Waals surface area contributed by atoms with Crippen LogP contribution < -0.4 is 10.2 Å². The van der Waals surface area contributed by atoms with Gasteiger partial charge in [-0.25, -0.2) is 25.3 Å². The third-order valence-electron chi connectivity index (χ3n) is 8.21. The summed E-state index contributed by atoms with van der Waals surface area (Å²) in [6.07, 6.45) is 4.70. The number of hydrogen-bond donors (Lipinski definition) is 0. The van der Waals surface area contributed by atoms with Crippen molar-refractivity contribution < 1.29 is 58.1 Å². The molecule has 0 spiro atoms. The molecule has 0 aromatic heterocycles. The summed E-state index contributed by atoms with van der Waals surface area (Å²) in [6.45, 7) is 7.16. The third-order valence-corrected chi connectivity index (χ3v) is 10.8. The predicted molar refractivity (Wildman–Crippen MR) is 166 cm³/mol. The van der Waals surface area contributed by atoms with Crippen LogP contribution in [0.3, 0.4) is 0 Å². The molecule has 0 saturated carbocycles. The second kappa shape index (κ2) is 12.1. The number of fused-ring (bicyclic) bond motifs is 4. The van der Waals surface area contributed by atoms with Gasteiger partial charge in [0.05, 0.1) is 22.4 Å². The lowest BCUT2D eigenvalue weighted by Gasteiger charge is -2.27. The predicted octanol–water partition coefficient (Wildman–Crippen LogP) is 2.59. The van der Waals surface area contributed by atoms with E-state index in [9.17, 15) is 44.2 Å². The van der Waals surface area contributed by atoms with Gasteiger partial charge in [0.2, 0.25) is 11.6 Å². The van der Waals surface area contributed by atoms with E-state index in [0.29, 0.717) is 61.6 Å². The molecule has 252 valence electrons. The molecule has 5 rings (SSSR count). The molecule has 0 radical (unpaired) electrons. The summed E-state index contributed by atoms with van der Waals surface area (Å²) in [4.78, 5) is 1.38. The number of benzene rings is 3. The topological polar surface area (TPSA) is 219 Å². The number of anilines is 1. The summed E-state index contributed by atoms with van der Waals surface area (Å²) in [6, 6.07) is 11.7. The molecule has 47 heavy (non-hydrogen) atoms. The highest BCUT2D eigenvalue weighted by molar-refractivity contribution is 7.94. The van der Waals surface area contributed by atoms with E-state index in [-0.39, 0.29) is 0 Å². The fourth-order valence-electron chi connectivity index (χ4n) is 6.31. The Bertz CT molecular complexity index is 2220. The van der Waals surface area contributed by atoms with E-state index in [1.807, 2.05) is 0 Å². The zero-order valence-electron chi connectivity index (χ0n) is 25.2. The second-order valence-corrected chi connectivity index (χ2v) is 16.9. The van der Waals surface area contributed by atoms with Crippen molar-refractivity contribution in [1.82, 2.24) is 0 Å². The van der Waals surface area contributed by atoms with Crippen LogP contribution in [0.1, 0.15) is 38.8 Å². The molecule has 0 aliphatic carbocycles. The molecule has 0 amide bonds. The molecule has 18 heteroatoms. The minimum absolute atomic E-state index is 0.376. The SMILES string of the molecule is CC1(C)C(=CC=CC2=[N+](CS(=O)(=O)[O-])c3ccc4cc(S(=O)(=O)[O-])ccc4c3C2(C)C)N(CS(=O)(=O)[O-])c2ccc(SOO[O-])cc21. The average Bonchev–Trinajstić information content (AvgIpc) is 3.28. The molecule has 2 heterocycles. The molecule has 0 unspecified atom stereocenters. The largest absolute Gasteiger partial charge is 0.747 e. The van der Waals surface area contributed by atoms with Crippen LogP contribution >= 0.6 is 12.0 Å². The van der Waals surface area contributed by atoms with Gasteiger partial charge in [-0.15, -0.1) is 0 Å². The first-order valence-corrected chi connectivity index (χ1v) is 18.9. The van der Waals surface area contributed by atoms with E-state index in [0.717, 1.165) is 6.07 Å². The van der Waals surface area contributed by atoms with Crippen LogP contribution in [0.4, 0.5) is 11.4 Å². The van der Waals surface area contributed by atoms with Gasteiger partial charge in [-0.3, -0.25) is 5.04 Å². The average molecular weight is 724 g/mol. The Balaban J connectivity index is 1.64. The van der Waals surface area contributed by atoms with Gasteiger partial charge in [0.15, 0.2) is 15.8 Å². The molecule has 0 N–H and O–H groups in total. The lowest BCUT2D eigenvalue weighted by Crippen LogP contribution is -2.31. The second-order valence-electron chi connectivity index (χ2n) is 12.0. The van der Waals surface area contributed by atoms with Gasteiger partial charge in [0.25, 0.3) is 0 Å². The standard InChI is InChI=1S/C29H30N2O12S4/c1-28(2)22-15-19(44-43-42-32)9-13-23(22)30(16-45(33,34)35)25(28)6-5-7-26-29(3,4)27-21-11-10-20(47(39,40)41)14-18(21)8-12-24(27)31(26)17-46(36,37)38/h5-15H,16-17H2,1-4H3,(H3-,32,33,34,35,36,37,38,39,40,41)/p-3. The van der Waals surface area contributed by atoms with Crippen LogP contribution in [0.15, 0.2) is 82.2 Å². The summed E-state index contributed by atoms with van der Waals surface area (Å²) >= 11 is 0.643. The van der Waals surface area contributed by atoms with Crippen LogP contribution in [0.5, 0.6) is 0 Å². The van der Waals surface area contributed by atoms with Crippen LogP contribution in [-0.4, -0.2) is 61.0 Å². The Hall–Kier alpha value is -3.17.